The van der Waals surface area contributed by atoms with Crippen molar-refractivity contribution in [1.29, 1.82) is 0 Å². The second kappa shape index (κ2) is 9.84. The number of benzene rings is 1. The topological polar surface area (TPSA) is 111 Å². The Hall–Kier alpha value is -3.40. The van der Waals surface area contributed by atoms with Crippen LogP contribution in [-0.4, -0.2) is 47.8 Å². The summed E-state index contributed by atoms with van der Waals surface area (Å²) in [5, 5.41) is 8.03. The number of carbonyl (C=O) groups excluding carboxylic acids is 4. The summed E-state index contributed by atoms with van der Waals surface area (Å²) in [6.07, 6.45) is 0.574. The number of amides is 5. The maximum Gasteiger partial charge on any atom is 0.319 e. The van der Waals surface area contributed by atoms with Crippen LogP contribution in [0.3, 0.4) is 0 Å². The lowest BCUT2D eigenvalue weighted by molar-refractivity contribution is -0.136. The van der Waals surface area contributed by atoms with E-state index in [9.17, 15) is 19.2 Å². The second-order valence-corrected chi connectivity index (χ2v) is 9.59. The third-order valence-corrected chi connectivity index (χ3v) is 7.40. The number of rotatable bonds is 7. The lowest BCUT2D eigenvalue weighted by Gasteiger charge is -2.29. The first-order valence-corrected chi connectivity index (χ1v) is 12.3. The molecular formula is C24H29N5O4S. The maximum absolute atomic E-state index is 12.8. The first kappa shape index (κ1) is 23.7. The van der Waals surface area contributed by atoms with Gasteiger partial charge in [0.15, 0.2) is 0 Å². The van der Waals surface area contributed by atoms with Gasteiger partial charge < -0.3 is 20.4 Å². The Labute approximate surface area is 202 Å². The molecular weight excluding hydrogens is 454 g/mol. The molecule has 10 heteroatoms. The quantitative estimate of drug-likeness (QED) is 0.525. The van der Waals surface area contributed by atoms with Crippen LogP contribution in [0, 0.1) is 6.92 Å². The number of anilines is 2. The van der Waals surface area contributed by atoms with Crippen LogP contribution < -0.4 is 20.9 Å². The van der Waals surface area contributed by atoms with Gasteiger partial charge in [0.2, 0.25) is 11.8 Å². The van der Waals surface area contributed by atoms with Crippen molar-refractivity contribution in [2.75, 3.05) is 23.3 Å². The number of nitrogens with one attached hydrogen (secondary N) is 3. The molecule has 0 saturated carbocycles. The van der Waals surface area contributed by atoms with E-state index in [1.165, 1.54) is 16.2 Å². The van der Waals surface area contributed by atoms with Crippen LogP contribution in [0.5, 0.6) is 0 Å². The maximum atomic E-state index is 12.8. The predicted molar refractivity (Wildman–Crippen MR) is 131 cm³/mol. The third kappa shape index (κ3) is 4.77. The summed E-state index contributed by atoms with van der Waals surface area (Å²) in [6.45, 7) is 8.65. The van der Waals surface area contributed by atoms with Crippen LogP contribution in [0.15, 0.2) is 24.3 Å². The fourth-order valence-corrected chi connectivity index (χ4v) is 5.49. The Morgan fingerprint density at radius 3 is 2.65 bits per heavy atom. The van der Waals surface area contributed by atoms with Gasteiger partial charge in [-0.15, -0.1) is 11.3 Å². The van der Waals surface area contributed by atoms with Gasteiger partial charge in [-0.1, -0.05) is 6.07 Å². The largest absolute Gasteiger partial charge is 0.372 e. The summed E-state index contributed by atoms with van der Waals surface area (Å²) in [4.78, 5) is 54.1. The van der Waals surface area contributed by atoms with Gasteiger partial charge >= 0.3 is 6.03 Å². The lowest BCUT2D eigenvalue weighted by atomic mass is 10.0. The first-order valence-electron chi connectivity index (χ1n) is 11.5. The number of aryl methyl sites for hydroxylation is 1. The minimum absolute atomic E-state index is 0.200. The number of hydrogen-bond donors (Lipinski definition) is 3. The highest BCUT2D eigenvalue weighted by Crippen LogP contribution is 2.33. The summed E-state index contributed by atoms with van der Waals surface area (Å²) >= 11 is 1.32. The average Bonchev–Trinajstić information content (AvgIpc) is 3.34. The minimum atomic E-state index is -0.618. The predicted octanol–water partition coefficient (Wildman–Crippen LogP) is 2.99. The van der Waals surface area contributed by atoms with Crippen molar-refractivity contribution >= 4 is 46.5 Å². The molecule has 1 saturated heterocycles. The molecule has 0 spiro atoms. The molecule has 34 heavy (non-hydrogen) atoms. The SMILES string of the molecule is CCN(CC)c1cc(NC(=O)NCc2cc3c(s2)C(=O)N(C2CCC(=O)NC2=O)C3)ccc1C. The molecule has 2 aromatic rings. The highest BCUT2D eigenvalue weighted by atomic mass is 32.1. The molecule has 5 amide bonds. The molecule has 4 rings (SSSR count). The molecule has 3 heterocycles. The van der Waals surface area contributed by atoms with E-state index < -0.39 is 11.9 Å². The summed E-state index contributed by atoms with van der Waals surface area (Å²) in [5.74, 6) is -0.920. The molecule has 1 atom stereocenters. The molecule has 1 aromatic carbocycles. The number of nitrogens with zero attached hydrogens (tertiary/aromatic N) is 2. The van der Waals surface area contributed by atoms with E-state index in [1.54, 1.807) is 0 Å². The van der Waals surface area contributed by atoms with E-state index >= 15 is 0 Å². The Bertz CT molecular complexity index is 1140. The van der Waals surface area contributed by atoms with E-state index in [0.29, 0.717) is 30.1 Å². The number of hydrogen-bond acceptors (Lipinski definition) is 6. The molecule has 0 bridgehead atoms. The standard InChI is InChI=1S/C24H29N5O4S/c1-4-28(5-2)19-11-16(7-6-14(19)3)26-24(33)25-12-17-10-15-13-29(23(32)21(15)34-17)18-8-9-20(30)27-22(18)31/h6-7,10-11,18H,4-5,8-9,12-13H2,1-3H3,(H2,25,26,33)(H,27,30,31). The van der Waals surface area contributed by atoms with Gasteiger partial charge in [-0.05, 0) is 56.5 Å². The van der Waals surface area contributed by atoms with Crippen LogP contribution in [0.1, 0.15) is 52.4 Å². The van der Waals surface area contributed by atoms with Crippen molar-refractivity contribution in [3.05, 3.63) is 45.1 Å². The molecule has 2 aliphatic rings. The second-order valence-electron chi connectivity index (χ2n) is 8.45. The van der Waals surface area contributed by atoms with E-state index in [0.717, 1.165) is 34.8 Å². The molecule has 1 unspecified atom stereocenters. The Morgan fingerprint density at radius 2 is 1.97 bits per heavy atom. The highest BCUT2D eigenvalue weighted by Gasteiger charge is 2.40. The van der Waals surface area contributed by atoms with Crippen LogP contribution in [0.4, 0.5) is 16.2 Å². The van der Waals surface area contributed by atoms with Crippen LogP contribution >= 0.6 is 11.3 Å². The van der Waals surface area contributed by atoms with Gasteiger partial charge in [0.1, 0.15) is 6.04 Å². The molecule has 9 nitrogen and oxygen atoms in total. The van der Waals surface area contributed by atoms with Crippen molar-refractivity contribution in [2.24, 2.45) is 0 Å². The summed E-state index contributed by atoms with van der Waals surface area (Å²) in [5.41, 5.74) is 3.81. The molecule has 0 aliphatic carbocycles. The van der Waals surface area contributed by atoms with Crippen molar-refractivity contribution in [1.82, 2.24) is 15.5 Å². The number of thiophene rings is 1. The van der Waals surface area contributed by atoms with Gasteiger partial charge in [0, 0.05) is 42.3 Å². The number of carbonyl (C=O) groups is 4. The van der Waals surface area contributed by atoms with Crippen LogP contribution in [-0.2, 0) is 22.7 Å². The smallest absolute Gasteiger partial charge is 0.319 e. The highest BCUT2D eigenvalue weighted by molar-refractivity contribution is 7.14. The van der Waals surface area contributed by atoms with Crippen LogP contribution in [0.2, 0.25) is 0 Å². The molecule has 2 aliphatic heterocycles. The average molecular weight is 484 g/mol. The third-order valence-electron chi connectivity index (χ3n) is 6.24. The van der Waals surface area contributed by atoms with Crippen molar-refractivity contribution in [3.8, 4) is 0 Å². The Kier molecular flexibility index (Phi) is 6.87. The minimum Gasteiger partial charge on any atom is -0.372 e. The van der Waals surface area contributed by atoms with E-state index in [1.807, 2.05) is 24.3 Å². The van der Waals surface area contributed by atoms with Crippen molar-refractivity contribution in [2.45, 2.75) is 52.7 Å². The van der Waals surface area contributed by atoms with Crippen LogP contribution in [0.25, 0.3) is 0 Å². The Morgan fingerprint density at radius 1 is 1.21 bits per heavy atom. The van der Waals surface area contributed by atoms with Crippen molar-refractivity contribution in [3.63, 3.8) is 0 Å². The zero-order valence-corrected chi connectivity index (χ0v) is 20.4. The Balaban J connectivity index is 1.34. The molecule has 180 valence electrons. The number of piperidine rings is 1. The van der Waals surface area contributed by atoms with Gasteiger partial charge in [-0.2, -0.15) is 0 Å². The molecule has 1 fully saturated rings. The lowest BCUT2D eigenvalue weighted by Crippen LogP contribution is -2.52. The molecule has 1 aromatic heterocycles. The normalized spacial score (nSPS) is 17.4. The monoisotopic (exact) mass is 483 g/mol. The fraction of sp³-hybridized carbons (Fsp3) is 0.417. The first-order chi connectivity index (χ1) is 16.3. The molecule has 0 radical (unpaired) electrons. The molecule has 3 N–H and O–H groups in total. The van der Waals surface area contributed by atoms with E-state index in [2.05, 4.69) is 41.6 Å². The van der Waals surface area contributed by atoms with Gasteiger partial charge in [0.05, 0.1) is 11.4 Å². The number of fused-ring (bicyclic) bond motifs is 1. The van der Waals surface area contributed by atoms with E-state index in [-0.39, 0.29) is 24.3 Å². The zero-order valence-electron chi connectivity index (χ0n) is 19.6. The summed E-state index contributed by atoms with van der Waals surface area (Å²) < 4.78 is 0. The van der Waals surface area contributed by atoms with Gasteiger partial charge in [-0.25, -0.2) is 4.79 Å². The van der Waals surface area contributed by atoms with E-state index in [4.69, 9.17) is 0 Å². The van der Waals surface area contributed by atoms with Gasteiger partial charge in [0.25, 0.3) is 5.91 Å². The van der Waals surface area contributed by atoms with Crippen molar-refractivity contribution < 1.29 is 19.2 Å². The number of imide groups is 1. The fourth-order valence-electron chi connectivity index (χ4n) is 4.42. The summed E-state index contributed by atoms with van der Waals surface area (Å²) in [7, 11) is 0. The summed E-state index contributed by atoms with van der Waals surface area (Å²) in [6, 6.07) is 6.81. The van der Waals surface area contributed by atoms with Gasteiger partial charge in [-0.3, -0.25) is 19.7 Å². The number of urea groups is 1. The zero-order chi connectivity index (χ0) is 24.4.